The molecule has 0 radical (unpaired) electrons. The Hall–Kier alpha value is -3.42. The van der Waals surface area contributed by atoms with E-state index in [1.165, 1.54) is 10.6 Å². The summed E-state index contributed by atoms with van der Waals surface area (Å²) in [4.78, 5) is 45.6. The molecule has 1 unspecified atom stereocenters. The third-order valence-electron chi connectivity index (χ3n) is 4.91. The number of hydrogen-bond acceptors (Lipinski definition) is 5. The number of nitrogens with one attached hydrogen (secondary N) is 1. The lowest BCUT2D eigenvalue weighted by atomic mass is 10.1. The number of amides is 1. The summed E-state index contributed by atoms with van der Waals surface area (Å²) in [5.74, 6) is -0.224. The fourth-order valence-corrected chi connectivity index (χ4v) is 3.63. The van der Waals surface area contributed by atoms with E-state index in [0.717, 1.165) is 12.5 Å². The van der Waals surface area contributed by atoms with Crippen LogP contribution in [0.25, 0.3) is 10.9 Å². The minimum Gasteiger partial charge on any atom is -0.494 e. The van der Waals surface area contributed by atoms with Crippen LogP contribution < -0.4 is 11.1 Å². The van der Waals surface area contributed by atoms with Gasteiger partial charge in [-0.25, -0.2) is 4.98 Å². The van der Waals surface area contributed by atoms with Crippen LogP contribution >= 0.6 is 0 Å². The van der Waals surface area contributed by atoms with Crippen LogP contribution in [0.15, 0.2) is 46.0 Å². The number of pyridine rings is 1. The van der Waals surface area contributed by atoms with E-state index in [0.29, 0.717) is 29.7 Å². The number of fused-ring (bicyclic) bond motifs is 1. The average molecular weight is 366 g/mol. The Balaban J connectivity index is 1.79. The number of likely N-dealkylation sites (tertiary alicyclic amines) is 1. The first kappa shape index (κ1) is 17.0. The van der Waals surface area contributed by atoms with Gasteiger partial charge < -0.3 is 10.0 Å². The molecule has 1 fully saturated rings. The first-order valence-electron chi connectivity index (χ1n) is 8.65. The highest BCUT2D eigenvalue weighted by molar-refractivity contribution is 5.94. The van der Waals surface area contributed by atoms with Gasteiger partial charge in [0.05, 0.1) is 22.5 Å². The van der Waals surface area contributed by atoms with Crippen molar-refractivity contribution in [3.63, 3.8) is 0 Å². The van der Waals surface area contributed by atoms with Crippen molar-refractivity contribution in [1.29, 1.82) is 0 Å². The molecule has 2 aromatic heterocycles. The third kappa shape index (κ3) is 2.88. The summed E-state index contributed by atoms with van der Waals surface area (Å²) in [6, 6.07) is 9.11. The number of aromatic nitrogens is 3. The maximum Gasteiger partial charge on any atom is 0.261 e. The number of carbonyl (C=O) groups is 1. The lowest BCUT2D eigenvalue weighted by Gasteiger charge is -2.26. The van der Waals surface area contributed by atoms with E-state index in [-0.39, 0.29) is 29.0 Å². The topological polar surface area (TPSA) is 108 Å². The van der Waals surface area contributed by atoms with Crippen LogP contribution in [0.5, 0.6) is 5.88 Å². The number of aromatic hydroxyl groups is 1. The molecular weight excluding hydrogens is 348 g/mol. The van der Waals surface area contributed by atoms with E-state index in [1.54, 1.807) is 30.1 Å². The quantitative estimate of drug-likeness (QED) is 0.711. The molecule has 8 nitrogen and oxygen atoms in total. The molecule has 1 saturated heterocycles. The van der Waals surface area contributed by atoms with Gasteiger partial charge in [0.15, 0.2) is 5.88 Å². The zero-order valence-corrected chi connectivity index (χ0v) is 14.7. The van der Waals surface area contributed by atoms with Crippen molar-refractivity contribution < 1.29 is 9.90 Å². The second-order valence-corrected chi connectivity index (χ2v) is 6.63. The Morgan fingerprint density at radius 3 is 2.81 bits per heavy atom. The second-order valence-electron chi connectivity index (χ2n) is 6.63. The van der Waals surface area contributed by atoms with E-state index in [9.17, 15) is 19.5 Å². The molecule has 3 aromatic rings. The van der Waals surface area contributed by atoms with Crippen molar-refractivity contribution in [2.75, 3.05) is 6.54 Å². The normalized spacial score (nSPS) is 16.8. The largest absolute Gasteiger partial charge is 0.494 e. The number of rotatable bonds is 2. The molecule has 1 aliphatic heterocycles. The van der Waals surface area contributed by atoms with Crippen LogP contribution in [-0.2, 0) is 7.05 Å². The Morgan fingerprint density at radius 2 is 2.04 bits per heavy atom. The molecule has 0 bridgehead atoms. The zero-order chi connectivity index (χ0) is 19.1. The minimum atomic E-state index is -0.551. The number of hydrogen-bond donors (Lipinski definition) is 2. The summed E-state index contributed by atoms with van der Waals surface area (Å²) >= 11 is 0. The fraction of sp³-hybridized carbons (Fsp3) is 0.263. The Labute approximate surface area is 153 Å². The summed E-state index contributed by atoms with van der Waals surface area (Å²) in [6.07, 6.45) is 1.42. The molecule has 1 atom stereocenters. The summed E-state index contributed by atoms with van der Waals surface area (Å²) in [6.45, 7) is 0.486. The van der Waals surface area contributed by atoms with Gasteiger partial charge in [0, 0.05) is 25.7 Å². The Kier molecular flexibility index (Phi) is 4.02. The van der Waals surface area contributed by atoms with Crippen LogP contribution in [0, 0.1) is 0 Å². The molecule has 27 heavy (non-hydrogen) atoms. The minimum absolute atomic E-state index is 0.105. The maximum atomic E-state index is 12.9. The first-order valence-corrected chi connectivity index (χ1v) is 8.65. The molecule has 0 aliphatic carbocycles. The maximum absolute atomic E-state index is 12.9. The van der Waals surface area contributed by atoms with E-state index >= 15 is 0 Å². The van der Waals surface area contributed by atoms with Crippen molar-refractivity contribution >= 4 is 16.8 Å². The molecule has 3 heterocycles. The molecule has 138 valence electrons. The van der Waals surface area contributed by atoms with Crippen molar-refractivity contribution in [1.82, 2.24) is 19.4 Å². The van der Waals surface area contributed by atoms with Crippen molar-refractivity contribution in [3.8, 4) is 5.88 Å². The Bertz CT molecular complexity index is 1160. The van der Waals surface area contributed by atoms with Crippen LogP contribution in [0.4, 0.5) is 0 Å². The molecule has 1 aliphatic rings. The number of para-hydroxylation sites is 1. The zero-order valence-electron chi connectivity index (χ0n) is 14.7. The molecule has 0 saturated carbocycles. The predicted molar refractivity (Wildman–Crippen MR) is 98.7 cm³/mol. The smallest absolute Gasteiger partial charge is 0.261 e. The molecule has 8 heteroatoms. The van der Waals surface area contributed by atoms with Gasteiger partial charge in [0.1, 0.15) is 5.82 Å². The van der Waals surface area contributed by atoms with Gasteiger partial charge in [-0.3, -0.25) is 23.9 Å². The van der Waals surface area contributed by atoms with Crippen molar-refractivity contribution in [2.45, 2.75) is 18.9 Å². The van der Waals surface area contributed by atoms with Gasteiger partial charge in [-0.2, -0.15) is 0 Å². The van der Waals surface area contributed by atoms with Crippen LogP contribution in [0.3, 0.4) is 0 Å². The Morgan fingerprint density at radius 1 is 1.26 bits per heavy atom. The molecule has 4 rings (SSSR count). The van der Waals surface area contributed by atoms with E-state index in [2.05, 4.69) is 9.97 Å². The first-order chi connectivity index (χ1) is 13.0. The number of aromatic amines is 1. The monoisotopic (exact) mass is 366 g/mol. The number of benzene rings is 1. The lowest BCUT2D eigenvalue weighted by Crippen LogP contribution is -2.35. The molecule has 0 spiro atoms. The van der Waals surface area contributed by atoms with Crippen molar-refractivity contribution in [3.05, 3.63) is 68.5 Å². The van der Waals surface area contributed by atoms with Gasteiger partial charge in [-0.15, -0.1) is 0 Å². The SMILES string of the molecule is Cn1c(C2CCCN2C(=O)c2cc(O)[nH]c(=O)c2)nc2ccccc2c1=O. The van der Waals surface area contributed by atoms with E-state index in [1.807, 2.05) is 6.07 Å². The molecule has 1 amide bonds. The van der Waals surface area contributed by atoms with E-state index < -0.39 is 5.56 Å². The van der Waals surface area contributed by atoms with Gasteiger partial charge in [-0.1, -0.05) is 12.1 Å². The third-order valence-corrected chi connectivity index (χ3v) is 4.91. The average Bonchev–Trinajstić information content (AvgIpc) is 3.12. The summed E-state index contributed by atoms with van der Waals surface area (Å²) < 4.78 is 1.48. The van der Waals surface area contributed by atoms with Gasteiger partial charge in [0.25, 0.3) is 17.0 Å². The number of carbonyl (C=O) groups excluding carboxylic acids is 1. The van der Waals surface area contributed by atoms with E-state index in [4.69, 9.17) is 0 Å². The molecular formula is C19H18N4O4. The van der Waals surface area contributed by atoms with Crippen LogP contribution in [-0.4, -0.2) is 37.0 Å². The predicted octanol–water partition coefficient (Wildman–Crippen LogP) is 1.30. The second kappa shape index (κ2) is 6.39. The summed E-state index contributed by atoms with van der Waals surface area (Å²) in [5.41, 5.74) is -0.0216. The summed E-state index contributed by atoms with van der Waals surface area (Å²) in [7, 11) is 1.65. The van der Waals surface area contributed by atoms with Gasteiger partial charge in [-0.05, 0) is 25.0 Å². The van der Waals surface area contributed by atoms with Crippen molar-refractivity contribution in [2.24, 2.45) is 7.05 Å². The highest BCUT2D eigenvalue weighted by Gasteiger charge is 2.33. The van der Waals surface area contributed by atoms with Gasteiger partial charge in [0.2, 0.25) is 0 Å². The number of nitrogens with zero attached hydrogens (tertiary/aromatic N) is 3. The fourth-order valence-electron chi connectivity index (χ4n) is 3.63. The van der Waals surface area contributed by atoms with Crippen LogP contribution in [0.1, 0.15) is 35.1 Å². The van der Waals surface area contributed by atoms with Crippen LogP contribution in [0.2, 0.25) is 0 Å². The lowest BCUT2D eigenvalue weighted by molar-refractivity contribution is 0.0726. The standard InChI is InChI=1S/C19H18N4O4/c1-22-17(20-13-6-3-2-5-12(13)19(22)27)14-7-4-8-23(14)18(26)11-9-15(24)21-16(25)10-11/h2-3,5-6,9-10,14H,4,7-8H2,1H3,(H2,21,24,25). The highest BCUT2D eigenvalue weighted by atomic mass is 16.3. The van der Waals surface area contributed by atoms with Gasteiger partial charge >= 0.3 is 0 Å². The highest BCUT2D eigenvalue weighted by Crippen LogP contribution is 2.32. The number of H-pyrrole nitrogens is 1. The summed E-state index contributed by atoms with van der Waals surface area (Å²) in [5, 5.41) is 10.1. The molecule has 2 N–H and O–H groups in total. The molecule has 1 aromatic carbocycles.